The molecular weight excluding hydrogens is 328 g/mol. The predicted molar refractivity (Wildman–Crippen MR) is 100 cm³/mol. The molecule has 2 aromatic carbocycles. The van der Waals surface area contributed by atoms with Gasteiger partial charge < -0.3 is 10.0 Å². The Morgan fingerprint density at radius 3 is 2.58 bits per heavy atom. The monoisotopic (exact) mass is 344 g/mol. The molecular formula is C20H16N4O2. The van der Waals surface area contributed by atoms with Gasteiger partial charge in [-0.3, -0.25) is 14.9 Å². The number of fused-ring (bicyclic) bond motifs is 1. The van der Waals surface area contributed by atoms with Crippen molar-refractivity contribution in [2.75, 3.05) is 11.9 Å². The van der Waals surface area contributed by atoms with Crippen LogP contribution in [0.25, 0.3) is 22.0 Å². The number of carbonyl (C=O) groups is 1. The Bertz CT molecular complexity index is 1070. The molecule has 0 aliphatic heterocycles. The number of nitrogens with one attached hydrogen (secondary N) is 1. The third kappa shape index (κ3) is 2.88. The predicted octanol–water partition coefficient (Wildman–Crippen LogP) is 3.61. The molecule has 6 nitrogen and oxygen atoms in total. The van der Waals surface area contributed by atoms with Gasteiger partial charge in [-0.2, -0.15) is 5.10 Å². The van der Waals surface area contributed by atoms with E-state index in [4.69, 9.17) is 0 Å². The molecule has 26 heavy (non-hydrogen) atoms. The van der Waals surface area contributed by atoms with E-state index in [2.05, 4.69) is 15.2 Å². The molecule has 0 aliphatic rings. The van der Waals surface area contributed by atoms with E-state index in [1.807, 2.05) is 36.4 Å². The Morgan fingerprint density at radius 2 is 1.85 bits per heavy atom. The van der Waals surface area contributed by atoms with Crippen LogP contribution in [0.5, 0.6) is 5.75 Å². The maximum Gasteiger partial charge on any atom is 0.276 e. The highest BCUT2D eigenvalue weighted by Gasteiger charge is 2.15. The van der Waals surface area contributed by atoms with Crippen LogP contribution in [0.3, 0.4) is 0 Å². The van der Waals surface area contributed by atoms with E-state index in [1.165, 1.54) is 0 Å². The van der Waals surface area contributed by atoms with Gasteiger partial charge in [-0.15, -0.1) is 0 Å². The number of aromatic hydroxyl groups is 1. The van der Waals surface area contributed by atoms with E-state index in [0.717, 1.165) is 27.7 Å². The molecule has 2 heterocycles. The largest absolute Gasteiger partial charge is 0.508 e. The van der Waals surface area contributed by atoms with Gasteiger partial charge in [-0.25, -0.2) is 0 Å². The lowest BCUT2D eigenvalue weighted by Gasteiger charge is -2.17. The van der Waals surface area contributed by atoms with Gasteiger partial charge >= 0.3 is 0 Å². The van der Waals surface area contributed by atoms with E-state index >= 15 is 0 Å². The third-order valence-electron chi connectivity index (χ3n) is 4.29. The van der Waals surface area contributed by atoms with Gasteiger partial charge in [0.25, 0.3) is 5.91 Å². The minimum atomic E-state index is -0.164. The summed E-state index contributed by atoms with van der Waals surface area (Å²) < 4.78 is 0. The van der Waals surface area contributed by atoms with Gasteiger partial charge in [-0.05, 0) is 42.0 Å². The van der Waals surface area contributed by atoms with E-state index in [-0.39, 0.29) is 11.7 Å². The van der Waals surface area contributed by atoms with Gasteiger partial charge in [-0.1, -0.05) is 18.2 Å². The molecule has 128 valence electrons. The molecule has 0 saturated heterocycles. The molecule has 0 aliphatic carbocycles. The number of benzene rings is 2. The van der Waals surface area contributed by atoms with Crippen molar-refractivity contribution in [2.24, 2.45) is 0 Å². The van der Waals surface area contributed by atoms with Gasteiger partial charge in [0, 0.05) is 36.1 Å². The Labute approximate surface area is 149 Å². The fraction of sp³-hybridized carbons (Fsp3) is 0.0500. The maximum atomic E-state index is 12.4. The highest BCUT2D eigenvalue weighted by molar-refractivity contribution is 6.05. The van der Waals surface area contributed by atoms with E-state index in [1.54, 1.807) is 42.5 Å². The van der Waals surface area contributed by atoms with Crippen molar-refractivity contribution in [3.8, 4) is 16.9 Å². The second-order valence-corrected chi connectivity index (χ2v) is 5.98. The van der Waals surface area contributed by atoms with Crippen LogP contribution in [0.1, 0.15) is 10.5 Å². The number of pyridine rings is 1. The van der Waals surface area contributed by atoms with E-state index in [9.17, 15) is 9.90 Å². The summed E-state index contributed by atoms with van der Waals surface area (Å²) in [6.45, 7) is 0. The Kier molecular flexibility index (Phi) is 3.85. The van der Waals surface area contributed by atoms with Crippen LogP contribution in [-0.4, -0.2) is 33.2 Å². The van der Waals surface area contributed by atoms with Crippen molar-refractivity contribution in [2.45, 2.75) is 0 Å². The first kappa shape index (κ1) is 15.8. The second-order valence-electron chi connectivity index (χ2n) is 5.98. The summed E-state index contributed by atoms with van der Waals surface area (Å²) in [5.74, 6) is 0.0691. The smallest absolute Gasteiger partial charge is 0.276 e. The van der Waals surface area contributed by atoms with Gasteiger partial charge in [0.1, 0.15) is 11.4 Å². The number of aromatic nitrogens is 3. The number of carbonyl (C=O) groups excluding carboxylic acids is 1. The molecule has 4 rings (SSSR count). The molecule has 0 unspecified atom stereocenters. The summed E-state index contributed by atoms with van der Waals surface area (Å²) >= 11 is 0. The van der Waals surface area contributed by atoms with Crippen LogP contribution in [0.15, 0.2) is 67.0 Å². The Hall–Kier alpha value is -3.67. The molecule has 0 saturated carbocycles. The number of amides is 1. The van der Waals surface area contributed by atoms with Crippen molar-refractivity contribution in [1.82, 2.24) is 15.2 Å². The maximum absolute atomic E-state index is 12.4. The number of hydrogen-bond acceptors (Lipinski definition) is 4. The molecule has 1 amide bonds. The Balaban J connectivity index is 1.67. The number of aromatic amines is 1. The first-order valence-corrected chi connectivity index (χ1v) is 8.08. The minimum absolute atomic E-state index is 0.164. The number of nitrogens with zero attached hydrogens (tertiary/aromatic N) is 3. The van der Waals surface area contributed by atoms with Crippen molar-refractivity contribution >= 4 is 22.5 Å². The summed E-state index contributed by atoms with van der Waals surface area (Å²) in [7, 11) is 1.72. The topological polar surface area (TPSA) is 82.1 Å². The SMILES string of the molecule is CN(C(=O)c1ccn[nH]1)c1ccc2cc(-c3ccc(O)cc3)cnc2c1. The zero-order valence-electron chi connectivity index (χ0n) is 14.0. The van der Waals surface area contributed by atoms with Crippen molar-refractivity contribution in [1.29, 1.82) is 0 Å². The lowest BCUT2D eigenvalue weighted by atomic mass is 10.0. The molecule has 2 N–H and O–H groups in total. The van der Waals surface area contributed by atoms with Crippen LogP contribution in [-0.2, 0) is 0 Å². The second kappa shape index (κ2) is 6.33. The number of phenolic OH excluding ortho intramolecular Hbond substituents is 1. The lowest BCUT2D eigenvalue weighted by Crippen LogP contribution is -2.26. The van der Waals surface area contributed by atoms with Gasteiger partial charge in [0.05, 0.1) is 5.52 Å². The van der Waals surface area contributed by atoms with Crippen molar-refractivity contribution in [3.05, 3.63) is 72.7 Å². The summed E-state index contributed by atoms with van der Waals surface area (Å²) in [5, 5.41) is 16.9. The third-order valence-corrected chi connectivity index (χ3v) is 4.29. The fourth-order valence-electron chi connectivity index (χ4n) is 2.80. The highest BCUT2D eigenvalue weighted by atomic mass is 16.3. The first-order valence-electron chi connectivity index (χ1n) is 8.08. The average molecular weight is 344 g/mol. The lowest BCUT2D eigenvalue weighted by molar-refractivity contribution is 0.0988. The summed E-state index contributed by atoms with van der Waals surface area (Å²) in [4.78, 5) is 18.5. The van der Waals surface area contributed by atoms with Gasteiger partial charge in [0.15, 0.2) is 0 Å². The van der Waals surface area contributed by atoms with E-state index < -0.39 is 0 Å². The molecule has 0 atom stereocenters. The summed E-state index contributed by atoms with van der Waals surface area (Å²) in [6.07, 6.45) is 3.34. The summed E-state index contributed by atoms with van der Waals surface area (Å²) in [6, 6.07) is 16.4. The number of phenols is 1. The van der Waals surface area contributed by atoms with Crippen LogP contribution in [0.2, 0.25) is 0 Å². The van der Waals surface area contributed by atoms with Crippen molar-refractivity contribution in [3.63, 3.8) is 0 Å². The molecule has 2 aromatic heterocycles. The quantitative estimate of drug-likeness (QED) is 0.595. The number of rotatable bonds is 3. The van der Waals surface area contributed by atoms with E-state index in [0.29, 0.717) is 5.69 Å². The normalized spacial score (nSPS) is 10.8. The van der Waals surface area contributed by atoms with Crippen LogP contribution >= 0.6 is 0 Å². The fourth-order valence-corrected chi connectivity index (χ4v) is 2.80. The number of H-pyrrole nitrogens is 1. The van der Waals surface area contributed by atoms with Crippen molar-refractivity contribution < 1.29 is 9.90 Å². The summed E-state index contributed by atoms with van der Waals surface area (Å²) in [5.41, 5.74) is 3.93. The molecule has 0 spiro atoms. The molecule has 0 fully saturated rings. The number of anilines is 1. The zero-order chi connectivity index (χ0) is 18.1. The molecule has 0 bridgehead atoms. The van der Waals surface area contributed by atoms with Crippen LogP contribution in [0.4, 0.5) is 5.69 Å². The molecule has 0 radical (unpaired) electrons. The van der Waals surface area contributed by atoms with Crippen LogP contribution < -0.4 is 4.90 Å². The minimum Gasteiger partial charge on any atom is -0.508 e. The van der Waals surface area contributed by atoms with Crippen LogP contribution in [0, 0.1) is 0 Å². The zero-order valence-corrected chi connectivity index (χ0v) is 14.0. The average Bonchev–Trinajstić information content (AvgIpc) is 3.21. The Morgan fingerprint density at radius 1 is 1.04 bits per heavy atom. The van der Waals surface area contributed by atoms with Gasteiger partial charge in [0.2, 0.25) is 0 Å². The molecule has 6 heteroatoms. The highest BCUT2D eigenvalue weighted by Crippen LogP contribution is 2.27. The standard InChI is InChI=1S/C20H16N4O2/c1-24(20(26)18-8-9-22-23-18)16-5-2-14-10-15(12-21-19(14)11-16)13-3-6-17(25)7-4-13/h2-12,25H,1H3,(H,22,23). The molecule has 4 aromatic rings. The number of hydrogen-bond donors (Lipinski definition) is 2. The first-order chi connectivity index (χ1) is 12.6.